The summed E-state index contributed by atoms with van der Waals surface area (Å²) in [6.45, 7) is 9.60. The van der Waals surface area contributed by atoms with Crippen molar-refractivity contribution >= 4 is 0 Å². The molecule has 0 nitrogen and oxygen atoms in total. The van der Waals surface area contributed by atoms with Crippen molar-refractivity contribution in [2.75, 3.05) is 0 Å². The molecule has 0 aromatic carbocycles. The van der Waals surface area contributed by atoms with Crippen molar-refractivity contribution in [1.82, 2.24) is 0 Å². The molecule has 0 amide bonds. The quantitative estimate of drug-likeness (QED) is 0.618. The van der Waals surface area contributed by atoms with Crippen molar-refractivity contribution in [3.05, 3.63) is 0 Å². The van der Waals surface area contributed by atoms with Gasteiger partial charge in [0.15, 0.2) is 0 Å². The van der Waals surface area contributed by atoms with E-state index < -0.39 is 0 Å². The van der Waals surface area contributed by atoms with Gasteiger partial charge in [-0.2, -0.15) is 0 Å². The van der Waals surface area contributed by atoms with Crippen LogP contribution in [0.5, 0.6) is 0 Å². The van der Waals surface area contributed by atoms with Crippen LogP contribution in [0.1, 0.15) is 66.2 Å². The minimum Gasteiger partial charge on any atom is -0.0651 e. The average Bonchev–Trinajstić information content (AvgIpc) is 2.24. The summed E-state index contributed by atoms with van der Waals surface area (Å²) in [6.07, 6.45) is 9.10. The molecular formula is C16H30. The van der Waals surface area contributed by atoms with Gasteiger partial charge in [0.1, 0.15) is 0 Å². The van der Waals surface area contributed by atoms with Gasteiger partial charge in [0, 0.05) is 0 Å². The Morgan fingerprint density at radius 1 is 1.06 bits per heavy atom. The van der Waals surface area contributed by atoms with Crippen molar-refractivity contribution in [3.8, 4) is 0 Å². The molecule has 0 N–H and O–H groups in total. The second-order valence-electron chi connectivity index (χ2n) is 7.01. The zero-order valence-electron chi connectivity index (χ0n) is 11.7. The monoisotopic (exact) mass is 222 g/mol. The first-order valence-corrected chi connectivity index (χ1v) is 7.61. The third-order valence-electron chi connectivity index (χ3n) is 5.52. The number of hydrogen-bond acceptors (Lipinski definition) is 0. The third-order valence-corrected chi connectivity index (χ3v) is 5.52. The molecule has 2 saturated carbocycles. The van der Waals surface area contributed by atoms with Crippen LogP contribution in [0.3, 0.4) is 0 Å². The molecule has 2 rings (SSSR count). The summed E-state index contributed by atoms with van der Waals surface area (Å²) in [7, 11) is 0. The Morgan fingerprint density at radius 2 is 1.81 bits per heavy atom. The molecule has 0 bridgehead atoms. The third kappa shape index (κ3) is 2.46. The minimum absolute atomic E-state index is 0.915. The zero-order chi connectivity index (χ0) is 11.7. The second kappa shape index (κ2) is 5.10. The molecule has 5 atom stereocenters. The van der Waals surface area contributed by atoms with Crippen LogP contribution in [0.25, 0.3) is 0 Å². The van der Waals surface area contributed by atoms with E-state index in [0.717, 1.165) is 35.5 Å². The van der Waals surface area contributed by atoms with Crippen LogP contribution in [-0.4, -0.2) is 0 Å². The van der Waals surface area contributed by atoms with Crippen LogP contribution in [0.4, 0.5) is 0 Å². The Labute approximate surface area is 102 Å². The van der Waals surface area contributed by atoms with Gasteiger partial charge in [-0.1, -0.05) is 34.1 Å². The highest BCUT2D eigenvalue weighted by Gasteiger charge is 2.44. The van der Waals surface area contributed by atoms with Crippen LogP contribution >= 0.6 is 0 Å². The Balaban J connectivity index is 1.80. The lowest BCUT2D eigenvalue weighted by molar-refractivity contribution is -0.0154. The molecule has 0 aliphatic heterocycles. The van der Waals surface area contributed by atoms with Crippen LogP contribution in [0.2, 0.25) is 0 Å². The van der Waals surface area contributed by atoms with Gasteiger partial charge in [0.25, 0.3) is 0 Å². The first-order valence-electron chi connectivity index (χ1n) is 7.61. The molecule has 2 aliphatic rings. The summed E-state index contributed by atoms with van der Waals surface area (Å²) in [6, 6.07) is 0. The molecule has 5 unspecified atom stereocenters. The van der Waals surface area contributed by atoms with E-state index in [4.69, 9.17) is 0 Å². The van der Waals surface area contributed by atoms with Gasteiger partial charge in [-0.15, -0.1) is 0 Å². The smallest absolute Gasteiger partial charge is 0.0357 e. The molecular weight excluding hydrogens is 192 g/mol. The summed E-state index contributed by atoms with van der Waals surface area (Å²) in [5.74, 6) is 6.30. The van der Waals surface area contributed by atoms with Crippen molar-refractivity contribution in [2.45, 2.75) is 66.2 Å². The van der Waals surface area contributed by atoms with Crippen LogP contribution in [-0.2, 0) is 0 Å². The molecule has 16 heavy (non-hydrogen) atoms. The molecule has 94 valence electrons. The molecule has 0 heteroatoms. The molecule has 0 heterocycles. The molecule has 0 saturated heterocycles. The van der Waals surface area contributed by atoms with E-state index in [9.17, 15) is 0 Å². The Hall–Kier alpha value is 0. The Morgan fingerprint density at radius 3 is 2.38 bits per heavy atom. The summed E-state index contributed by atoms with van der Waals surface area (Å²) in [5, 5.41) is 0. The molecule has 0 radical (unpaired) electrons. The van der Waals surface area contributed by atoms with Gasteiger partial charge in [0.2, 0.25) is 0 Å². The fraction of sp³-hybridized carbons (Fsp3) is 1.00. The minimum atomic E-state index is 0.915. The van der Waals surface area contributed by atoms with Gasteiger partial charge < -0.3 is 0 Å². The Kier molecular flexibility index (Phi) is 3.97. The second-order valence-corrected chi connectivity index (χ2v) is 7.01. The summed E-state index contributed by atoms with van der Waals surface area (Å²) in [5.41, 5.74) is 0. The predicted molar refractivity (Wildman–Crippen MR) is 71.3 cm³/mol. The average molecular weight is 222 g/mol. The van der Waals surface area contributed by atoms with Crippen molar-refractivity contribution in [1.29, 1.82) is 0 Å². The fourth-order valence-electron chi connectivity index (χ4n) is 4.31. The lowest BCUT2D eigenvalue weighted by Crippen LogP contribution is -2.42. The maximum absolute atomic E-state index is 2.47. The number of rotatable bonds is 4. The SMILES string of the molecule is CCC(C)C1CCC2C(CC(C)C)CC2C1. The van der Waals surface area contributed by atoms with Gasteiger partial charge in [-0.3, -0.25) is 0 Å². The highest BCUT2D eigenvalue weighted by Crippen LogP contribution is 2.54. The van der Waals surface area contributed by atoms with Gasteiger partial charge in [-0.05, 0) is 67.6 Å². The van der Waals surface area contributed by atoms with Crippen LogP contribution in [0.15, 0.2) is 0 Å². The van der Waals surface area contributed by atoms with Crippen LogP contribution < -0.4 is 0 Å². The highest BCUT2D eigenvalue weighted by molar-refractivity contribution is 4.94. The molecule has 0 aromatic heterocycles. The molecule has 2 fully saturated rings. The van der Waals surface area contributed by atoms with Crippen molar-refractivity contribution < 1.29 is 0 Å². The first kappa shape index (κ1) is 12.5. The lowest BCUT2D eigenvalue weighted by Gasteiger charge is -2.51. The Bertz CT molecular complexity index is 218. The van der Waals surface area contributed by atoms with E-state index in [-0.39, 0.29) is 0 Å². The van der Waals surface area contributed by atoms with E-state index in [1.54, 1.807) is 19.3 Å². The van der Waals surface area contributed by atoms with Gasteiger partial charge >= 0.3 is 0 Å². The van der Waals surface area contributed by atoms with E-state index in [2.05, 4.69) is 27.7 Å². The first-order chi connectivity index (χ1) is 7.61. The summed E-state index contributed by atoms with van der Waals surface area (Å²) < 4.78 is 0. The summed E-state index contributed by atoms with van der Waals surface area (Å²) >= 11 is 0. The van der Waals surface area contributed by atoms with Crippen molar-refractivity contribution in [3.63, 3.8) is 0 Å². The highest BCUT2D eigenvalue weighted by atomic mass is 14.5. The van der Waals surface area contributed by atoms with E-state index in [1.807, 2.05) is 0 Å². The molecule has 0 aromatic rings. The van der Waals surface area contributed by atoms with Gasteiger partial charge in [-0.25, -0.2) is 0 Å². The topological polar surface area (TPSA) is 0 Å². The van der Waals surface area contributed by atoms with E-state index in [0.29, 0.717) is 0 Å². The zero-order valence-corrected chi connectivity index (χ0v) is 11.7. The number of hydrogen-bond donors (Lipinski definition) is 0. The fourth-order valence-corrected chi connectivity index (χ4v) is 4.31. The number of fused-ring (bicyclic) bond motifs is 1. The maximum atomic E-state index is 2.47. The van der Waals surface area contributed by atoms with Crippen molar-refractivity contribution in [2.24, 2.45) is 35.5 Å². The maximum Gasteiger partial charge on any atom is -0.0357 e. The lowest BCUT2D eigenvalue weighted by atomic mass is 9.54. The van der Waals surface area contributed by atoms with Gasteiger partial charge in [0.05, 0.1) is 0 Å². The van der Waals surface area contributed by atoms with E-state index in [1.165, 1.54) is 19.3 Å². The standard InChI is InChI=1S/C16H30/c1-5-12(4)13-6-7-16-14(8-11(2)3)10-15(16)9-13/h11-16H,5-10H2,1-4H3. The molecule has 0 spiro atoms. The molecule has 2 aliphatic carbocycles. The van der Waals surface area contributed by atoms with E-state index >= 15 is 0 Å². The summed E-state index contributed by atoms with van der Waals surface area (Å²) in [4.78, 5) is 0. The largest absolute Gasteiger partial charge is 0.0651 e. The van der Waals surface area contributed by atoms with Crippen LogP contribution in [0, 0.1) is 35.5 Å². The normalized spacial score (nSPS) is 40.3. The predicted octanol–water partition coefficient (Wildman–Crippen LogP) is 5.13.